The third-order valence-corrected chi connectivity index (χ3v) is 6.63. The molecule has 0 aliphatic heterocycles. The Kier molecular flexibility index (Phi) is 6.72. The molecular weight excluding hydrogens is 406 g/mol. The van der Waals surface area contributed by atoms with E-state index in [1.807, 2.05) is 0 Å². The molecule has 0 saturated heterocycles. The van der Waals surface area contributed by atoms with Crippen molar-refractivity contribution >= 4 is 46.6 Å². The fourth-order valence-corrected chi connectivity index (χ4v) is 4.51. The van der Waals surface area contributed by atoms with Crippen LogP contribution in [0.15, 0.2) is 84.9 Å². The summed E-state index contributed by atoms with van der Waals surface area (Å²) in [6, 6.07) is 28.5. The minimum absolute atomic E-state index is 1.15. The van der Waals surface area contributed by atoms with Gasteiger partial charge in [0.25, 0.3) is 0 Å². The highest BCUT2D eigenvalue weighted by atomic mass is 32.1. The molecule has 1 aromatic heterocycles. The number of thiophene rings is 1. The molecule has 4 rings (SSSR count). The summed E-state index contributed by atoms with van der Waals surface area (Å²) in [6.07, 6.45) is 8.59. The van der Waals surface area contributed by atoms with Crippen molar-refractivity contribution in [2.45, 2.75) is 27.7 Å². The molecule has 32 heavy (non-hydrogen) atoms. The van der Waals surface area contributed by atoms with Crippen LogP contribution in [0, 0.1) is 20.8 Å². The molecular formula is C30H29NS. The molecule has 1 nitrogen and oxygen atoms in total. The van der Waals surface area contributed by atoms with E-state index in [0.29, 0.717) is 0 Å². The lowest BCUT2D eigenvalue weighted by atomic mass is 10.1. The summed E-state index contributed by atoms with van der Waals surface area (Å²) in [5, 5.41) is 0. The molecule has 4 aromatic rings. The van der Waals surface area contributed by atoms with Gasteiger partial charge in [-0.1, -0.05) is 48.0 Å². The Hall–Kier alpha value is -3.36. The normalized spacial score (nSPS) is 11.5. The molecule has 0 saturated carbocycles. The lowest BCUT2D eigenvalue weighted by Gasteiger charge is -2.26. The first kappa shape index (κ1) is 21.9. The summed E-state index contributed by atoms with van der Waals surface area (Å²) >= 11 is 1.80. The van der Waals surface area contributed by atoms with Gasteiger partial charge >= 0.3 is 0 Å². The lowest BCUT2D eigenvalue weighted by molar-refractivity contribution is 1.24. The van der Waals surface area contributed by atoms with Crippen LogP contribution in [0.5, 0.6) is 0 Å². The molecule has 0 amide bonds. The molecule has 0 fully saturated rings. The maximum Gasteiger partial charge on any atom is 0.0464 e. The van der Waals surface area contributed by atoms with E-state index in [0.717, 1.165) is 11.4 Å². The molecule has 1 heterocycles. The van der Waals surface area contributed by atoms with Gasteiger partial charge in [0.2, 0.25) is 0 Å². The van der Waals surface area contributed by atoms with Crippen LogP contribution in [0.1, 0.15) is 38.9 Å². The average molecular weight is 436 g/mol. The number of aryl methyl sites for hydroxylation is 3. The zero-order chi connectivity index (χ0) is 22.5. The number of benzene rings is 3. The number of rotatable bonds is 6. The predicted octanol–water partition coefficient (Wildman–Crippen LogP) is 9.35. The summed E-state index contributed by atoms with van der Waals surface area (Å²) in [4.78, 5) is 4.87. The molecule has 0 aliphatic rings. The summed E-state index contributed by atoms with van der Waals surface area (Å²) in [6.45, 7) is 8.51. The van der Waals surface area contributed by atoms with Crippen LogP contribution in [0.3, 0.4) is 0 Å². The quantitative estimate of drug-likeness (QED) is 0.291. The minimum atomic E-state index is 1.15. The lowest BCUT2D eigenvalue weighted by Crippen LogP contribution is -2.10. The van der Waals surface area contributed by atoms with Crippen LogP contribution >= 0.6 is 11.3 Å². The van der Waals surface area contributed by atoms with Gasteiger partial charge in [-0.25, -0.2) is 0 Å². The topological polar surface area (TPSA) is 3.24 Å². The molecule has 0 unspecified atom stereocenters. The fourth-order valence-electron chi connectivity index (χ4n) is 3.63. The predicted molar refractivity (Wildman–Crippen MR) is 143 cm³/mol. The molecule has 0 atom stereocenters. The molecule has 0 radical (unpaired) electrons. The Morgan fingerprint density at radius 3 is 1.81 bits per heavy atom. The first-order valence-electron chi connectivity index (χ1n) is 11.0. The Morgan fingerprint density at radius 1 is 0.594 bits per heavy atom. The summed E-state index contributed by atoms with van der Waals surface area (Å²) in [7, 11) is 0. The van der Waals surface area contributed by atoms with Gasteiger partial charge in [-0.05, 0) is 105 Å². The highest BCUT2D eigenvalue weighted by Crippen LogP contribution is 2.35. The number of hydrogen-bond donors (Lipinski definition) is 0. The largest absolute Gasteiger partial charge is 0.310 e. The van der Waals surface area contributed by atoms with Gasteiger partial charge in [0, 0.05) is 26.8 Å². The third kappa shape index (κ3) is 5.09. The van der Waals surface area contributed by atoms with Crippen molar-refractivity contribution in [2.24, 2.45) is 0 Å². The second-order valence-electron chi connectivity index (χ2n) is 8.10. The van der Waals surface area contributed by atoms with Crippen LogP contribution < -0.4 is 4.90 Å². The smallest absolute Gasteiger partial charge is 0.0464 e. The van der Waals surface area contributed by atoms with Gasteiger partial charge in [0.05, 0.1) is 0 Å². The van der Waals surface area contributed by atoms with Crippen LogP contribution in [-0.2, 0) is 0 Å². The SMILES string of the molecule is CC=Cc1ccc(C=Cc2ccc(N(c3ccc(C)cc3)c3ccc(C)c(C)c3)cc2)s1. The molecule has 2 heteroatoms. The minimum Gasteiger partial charge on any atom is -0.310 e. The molecule has 0 N–H and O–H groups in total. The number of nitrogens with zero attached hydrogens (tertiary/aromatic N) is 1. The van der Waals surface area contributed by atoms with Gasteiger partial charge in [-0.2, -0.15) is 0 Å². The van der Waals surface area contributed by atoms with Crippen LogP contribution in [-0.4, -0.2) is 0 Å². The summed E-state index contributed by atoms with van der Waals surface area (Å²) in [5.41, 5.74) is 8.56. The van der Waals surface area contributed by atoms with E-state index in [1.54, 1.807) is 11.3 Å². The van der Waals surface area contributed by atoms with E-state index in [1.165, 1.54) is 37.7 Å². The van der Waals surface area contributed by atoms with E-state index < -0.39 is 0 Å². The van der Waals surface area contributed by atoms with E-state index in [-0.39, 0.29) is 0 Å². The van der Waals surface area contributed by atoms with Crippen LogP contribution in [0.2, 0.25) is 0 Å². The Balaban J connectivity index is 1.64. The standard InChI is InChI=1S/C30H29NS/c1-5-6-29-19-20-30(32-29)18-12-25-10-16-27(17-11-25)31(26-13-7-22(2)8-14-26)28-15-9-23(3)24(4)21-28/h5-21H,1-4H3. The fraction of sp³-hybridized carbons (Fsp3) is 0.133. The third-order valence-electron chi connectivity index (χ3n) is 5.61. The maximum absolute atomic E-state index is 2.32. The molecule has 0 spiro atoms. The van der Waals surface area contributed by atoms with E-state index in [2.05, 4.69) is 136 Å². The second kappa shape index (κ2) is 9.84. The maximum atomic E-state index is 2.32. The zero-order valence-electron chi connectivity index (χ0n) is 19.2. The van der Waals surface area contributed by atoms with Crippen molar-refractivity contribution in [3.63, 3.8) is 0 Å². The van der Waals surface area contributed by atoms with E-state index in [4.69, 9.17) is 0 Å². The summed E-state index contributed by atoms with van der Waals surface area (Å²) in [5.74, 6) is 0. The van der Waals surface area contributed by atoms with Gasteiger partial charge in [-0.15, -0.1) is 11.3 Å². The highest BCUT2D eigenvalue weighted by molar-refractivity contribution is 7.13. The Morgan fingerprint density at radius 2 is 1.19 bits per heavy atom. The van der Waals surface area contributed by atoms with Crippen molar-refractivity contribution in [2.75, 3.05) is 4.90 Å². The molecule has 0 bridgehead atoms. The summed E-state index contributed by atoms with van der Waals surface area (Å²) < 4.78 is 0. The monoisotopic (exact) mass is 435 g/mol. The van der Waals surface area contributed by atoms with Crippen molar-refractivity contribution in [3.8, 4) is 0 Å². The molecule has 0 aliphatic carbocycles. The van der Waals surface area contributed by atoms with Gasteiger partial charge in [-0.3, -0.25) is 0 Å². The van der Waals surface area contributed by atoms with Crippen LogP contribution in [0.25, 0.3) is 18.2 Å². The van der Waals surface area contributed by atoms with E-state index >= 15 is 0 Å². The van der Waals surface area contributed by atoms with Gasteiger partial charge in [0.15, 0.2) is 0 Å². The highest BCUT2D eigenvalue weighted by Gasteiger charge is 2.13. The number of allylic oxidation sites excluding steroid dienone is 1. The van der Waals surface area contributed by atoms with E-state index in [9.17, 15) is 0 Å². The molecule has 3 aromatic carbocycles. The van der Waals surface area contributed by atoms with Gasteiger partial charge < -0.3 is 4.90 Å². The van der Waals surface area contributed by atoms with Crippen molar-refractivity contribution in [1.82, 2.24) is 0 Å². The zero-order valence-corrected chi connectivity index (χ0v) is 20.0. The van der Waals surface area contributed by atoms with Crippen LogP contribution in [0.4, 0.5) is 17.1 Å². The van der Waals surface area contributed by atoms with Crippen molar-refractivity contribution in [3.05, 3.63) is 117 Å². The first-order chi connectivity index (χ1) is 15.5. The van der Waals surface area contributed by atoms with Crippen molar-refractivity contribution in [1.29, 1.82) is 0 Å². The average Bonchev–Trinajstić information content (AvgIpc) is 3.25. The Bertz CT molecular complexity index is 1240. The number of anilines is 3. The first-order valence-corrected chi connectivity index (χ1v) is 11.8. The molecule has 160 valence electrons. The Labute approximate surface area is 196 Å². The number of hydrogen-bond acceptors (Lipinski definition) is 2. The van der Waals surface area contributed by atoms with Gasteiger partial charge in [0.1, 0.15) is 0 Å². The van der Waals surface area contributed by atoms with Crippen molar-refractivity contribution < 1.29 is 0 Å². The second-order valence-corrected chi connectivity index (χ2v) is 9.25.